The van der Waals surface area contributed by atoms with Crippen LogP contribution in [0.2, 0.25) is 0 Å². The number of ether oxygens (including phenoxy) is 2. The number of amides is 1. The molecule has 0 spiro atoms. The van der Waals surface area contributed by atoms with Crippen LogP contribution in [0.1, 0.15) is 31.7 Å². The van der Waals surface area contributed by atoms with Gasteiger partial charge in [-0.2, -0.15) is 0 Å². The van der Waals surface area contributed by atoms with Gasteiger partial charge in [0.2, 0.25) is 0 Å². The van der Waals surface area contributed by atoms with E-state index in [4.69, 9.17) is 9.47 Å². The van der Waals surface area contributed by atoms with Crippen molar-refractivity contribution in [3.63, 3.8) is 0 Å². The lowest BCUT2D eigenvalue weighted by Crippen LogP contribution is -2.48. The molecule has 0 bridgehead atoms. The maximum Gasteiger partial charge on any atom is 0.261 e. The number of carbonyl (C=O) groups excluding carboxylic acids is 1. The maximum atomic E-state index is 12.7. The minimum absolute atomic E-state index is 0.0573. The smallest absolute Gasteiger partial charge is 0.261 e. The summed E-state index contributed by atoms with van der Waals surface area (Å²) in [4.78, 5) is 12.7. The van der Waals surface area contributed by atoms with Crippen LogP contribution in [-0.2, 0) is 14.9 Å². The Labute approximate surface area is 155 Å². The topological polar surface area (TPSA) is 47.6 Å². The number of benzene rings is 2. The molecule has 1 saturated heterocycles. The first-order chi connectivity index (χ1) is 12.7. The Morgan fingerprint density at radius 1 is 1.08 bits per heavy atom. The second-order valence-corrected chi connectivity index (χ2v) is 6.80. The Morgan fingerprint density at radius 3 is 2.31 bits per heavy atom. The highest BCUT2D eigenvalue weighted by atomic mass is 16.5. The molecule has 2 aromatic rings. The summed E-state index contributed by atoms with van der Waals surface area (Å²) in [6, 6.07) is 19.9. The molecule has 1 atom stereocenters. The second kappa shape index (κ2) is 8.86. The third-order valence-electron chi connectivity index (χ3n) is 5.12. The van der Waals surface area contributed by atoms with Crippen molar-refractivity contribution in [3.8, 4) is 5.75 Å². The fraction of sp³-hybridized carbons (Fsp3) is 0.409. The Morgan fingerprint density at radius 2 is 1.69 bits per heavy atom. The van der Waals surface area contributed by atoms with Crippen molar-refractivity contribution in [2.24, 2.45) is 0 Å². The number of rotatable bonds is 7. The van der Waals surface area contributed by atoms with E-state index in [0.717, 1.165) is 31.8 Å². The van der Waals surface area contributed by atoms with E-state index >= 15 is 0 Å². The van der Waals surface area contributed by atoms with E-state index in [2.05, 4.69) is 29.6 Å². The molecule has 1 aliphatic rings. The van der Waals surface area contributed by atoms with E-state index in [-0.39, 0.29) is 11.3 Å². The zero-order valence-electron chi connectivity index (χ0n) is 15.3. The minimum atomic E-state index is -0.481. The SMILES string of the molecule is CCC(Oc1ccccc1)C(=O)NCC1(c2ccccc2)CCOCC1. The van der Waals surface area contributed by atoms with Crippen molar-refractivity contribution in [2.75, 3.05) is 19.8 Å². The molecule has 4 nitrogen and oxygen atoms in total. The van der Waals surface area contributed by atoms with Gasteiger partial charge in [-0.1, -0.05) is 55.5 Å². The van der Waals surface area contributed by atoms with Gasteiger partial charge in [0.05, 0.1) is 0 Å². The zero-order valence-corrected chi connectivity index (χ0v) is 15.3. The lowest BCUT2D eigenvalue weighted by atomic mass is 9.74. The molecule has 3 rings (SSSR count). The summed E-state index contributed by atoms with van der Waals surface area (Å²) in [6.45, 7) is 4.02. The molecule has 26 heavy (non-hydrogen) atoms. The first-order valence-corrected chi connectivity index (χ1v) is 9.36. The fourth-order valence-electron chi connectivity index (χ4n) is 3.48. The van der Waals surface area contributed by atoms with Crippen LogP contribution in [0.5, 0.6) is 5.75 Å². The normalized spacial score (nSPS) is 17.3. The monoisotopic (exact) mass is 353 g/mol. The molecule has 1 heterocycles. The summed E-state index contributed by atoms with van der Waals surface area (Å²) < 4.78 is 11.4. The first kappa shape index (κ1) is 18.5. The van der Waals surface area contributed by atoms with Crippen LogP contribution in [0.15, 0.2) is 60.7 Å². The molecular formula is C22H27NO3. The van der Waals surface area contributed by atoms with E-state index in [9.17, 15) is 4.79 Å². The van der Waals surface area contributed by atoms with Gasteiger partial charge in [0.1, 0.15) is 5.75 Å². The van der Waals surface area contributed by atoms with Crippen LogP contribution >= 0.6 is 0 Å². The van der Waals surface area contributed by atoms with Gasteiger partial charge in [-0.15, -0.1) is 0 Å². The van der Waals surface area contributed by atoms with E-state index in [0.29, 0.717) is 13.0 Å². The highest BCUT2D eigenvalue weighted by Gasteiger charge is 2.35. The molecule has 1 unspecified atom stereocenters. The molecular weight excluding hydrogens is 326 g/mol. The van der Waals surface area contributed by atoms with E-state index in [1.54, 1.807) is 0 Å². The molecule has 1 N–H and O–H groups in total. The van der Waals surface area contributed by atoms with E-state index < -0.39 is 6.10 Å². The predicted octanol–water partition coefficient (Wildman–Crippen LogP) is 3.71. The van der Waals surface area contributed by atoms with Crippen molar-refractivity contribution < 1.29 is 14.3 Å². The Balaban J connectivity index is 1.67. The van der Waals surface area contributed by atoms with Crippen molar-refractivity contribution in [3.05, 3.63) is 66.2 Å². The minimum Gasteiger partial charge on any atom is -0.481 e. The number of hydrogen-bond donors (Lipinski definition) is 1. The quantitative estimate of drug-likeness (QED) is 0.825. The fourth-order valence-corrected chi connectivity index (χ4v) is 3.48. The highest BCUT2D eigenvalue weighted by Crippen LogP contribution is 2.34. The van der Waals surface area contributed by atoms with Gasteiger partial charge in [0.25, 0.3) is 5.91 Å². The molecule has 1 fully saturated rings. The number of nitrogens with one attached hydrogen (secondary N) is 1. The van der Waals surface area contributed by atoms with Crippen molar-refractivity contribution in [1.29, 1.82) is 0 Å². The number of carbonyl (C=O) groups is 1. The van der Waals surface area contributed by atoms with Crippen LogP contribution in [0.3, 0.4) is 0 Å². The molecule has 4 heteroatoms. The van der Waals surface area contributed by atoms with Crippen LogP contribution in [-0.4, -0.2) is 31.8 Å². The molecule has 0 radical (unpaired) electrons. The lowest BCUT2D eigenvalue weighted by molar-refractivity contribution is -0.128. The van der Waals surface area contributed by atoms with Crippen LogP contribution in [0.4, 0.5) is 0 Å². The summed E-state index contributed by atoms with van der Waals surface area (Å²) in [7, 11) is 0. The molecule has 0 saturated carbocycles. The maximum absolute atomic E-state index is 12.7. The average Bonchev–Trinajstić information content (AvgIpc) is 2.72. The molecule has 0 aromatic heterocycles. The van der Waals surface area contributed by atoms with Crippen LogP contribution < -0.4 is 10.1 Å². The standard InChI is InChI=1S/C22H27NO3/c1-2-20(26-19-11-7-4-8-12-19)21(24)23-17-22(13-15-25-16-14-22)18-9-5-3-6-10-18/h3-12,20H,2,13-17H2,1H3,(H,23,24). The van der Waals surface area contributed by atoms with E-state index in [1.807, 2.05) is 43.3 Å². The largest absolute Gasteiger partial charge is 0.481 e. The van der Waals surface area contributed by atoms with Gasteiger partial charge in [-0.05, 0) is 37.0 Å². The lowest BCUT2D eigenvalue weighted by Gasteiger charge is -2.38. The van der Waals surface area contributed by atoms with Gasteiger partial charge >= 0.3 is 0 Å². The summed E-state index contributed by atoms with van der Waals surface area (Å²) in [5.74, 6) is 0.663. The van der Waals surface area contributed by atoms with Gasteiger partial charge in [0, 0.05) is 25.2 Å². The van der Waals surface area contributed by atoms with E-state index in [1.165, 1.54) is 5.56 Å². The zero-order chi connectivity index (χ0) is 18.2. The molecule has 0 aliphatic carbocycles. The summed E-state index contributed by atoms with van der Waals surface area (Å²) in [5.41, 5.74) is 1.20. The van der Waals surface area contributed by atoms with Gasteiger partial charge in [-0.25, -0.2) is 0 Å². The van der Waals surface area contributed by atoms with Crippen molar-refractivity contribution in [2.45, 2.75) is 37.7 Å². The first-order valence-electron chi connectivity index (χ1n) is 9.36. The number of para-hydroxylation sites is 1. The average molecular weight is 353 g/mol. The molecule has 1 amide bonds. The van der Waals surface area contributed by atoms with Gasteiger partial charge in [-0.3, -0.25) is 4.79 Å². The summed E-state index contributed by atoms with van der Waals surface area (Å²) in [5, 5.41) is 3.14. The van der Waals surface area contributed by atoms with Gasteiger partial charge in [0.15, 0.2) is 6.10 Å². The third-order valence-corrected chi connectivity index (χ3v) is 5.12. The Hall–Kier alpha value is -2.33. The van der Waals surface area contributed by atoms with Crippen LogP contribution in [0.25, 0.3) is 0 Å². The van der Waals surface area contributed by atoms with Crippen LogP contribution in [0, 0.1) is 0 Å². The van der Waals surface area contributed by atoms with Crippen molar-refractivity contribution >= 4 is 5.91 Å². The highest BCUT2D eigenvalue weighted by molar-refractivity contribution is 5.81. The van der Waals surface area contributed by atoms with Crippen molar-refractivity contribution in [1.82, 2.24) is 5.32 Å². The summed E-state index contributed by atoms with van der Waals surface area (Å²) in [6.07, 6.45) is 1.97. The molecule has 138 valence electrons. The second-order valence-electron chi connectivity index (χ2n) is 6.80. The third kappa shape index (κ3) is 4.44. The van der Waals surface area contributed by atoms with Gasteiger partial charge < -0.3 is 14.8 Å². The Bertz CT molecular complexity index is 681. The predicted molar refractivity (Wildman–Crippen MR) is 102 cm³/mol. The Kier molecular flexibility index (Phi) is 6.29. The number of hydrogen-bond acceptors (Lipinski definition) is 3. The molecule has 2 aromatic carbocycles. The summed E-state index contributed by atoms with van der Waals surface area (Å²) >= 11 is 0. The molecule has 1 aliphatic heterocycles.